The number of carbonyl (C=O) groups is 1. The molecule has 0 aliphatic rings. The molecule has 0 bridgehead atoms. The quantitative estimate of drug-likeness (QED) is 0.601. The summed E-state index contributed by atoms with van der Waals surface area (Å²) in [6, 6.07) is 19.9. The van der Waals surface area contributed by atoms with Crippen molar-refractivity contribution in [2.75, 3.05) is 6.61 Å². The highest BCUT2D eigenvalue weighted by Gasteiger charge is 2.07. The number of amides is 1. The lowest BCUT2D eigenvalue weighted by molar-refractivity contribution is -0.126. The number of carbonyl (C=O) groups excluding carboxylic acids is 1. The van der Waals surface area contributed by atoms with E-state index in [4.69, 9.17) is 4.84 Å². The zero-order valence-electron chi connectivity index (χ0n) is 13.3. The summed E-state index contributed by atoms with van der Waals surface area (Å²) in [4.78, 5) is 16.8. The molecule has 23 heavy (non-hydrogen) atoms. The molecule has 0 aliphatic heterocycles. The van der Waals surface area contributed by atoms with Gasteiger partial charge >= 0.3 is 0 Å². The van der Waals surface area contributed by atoms with Crippen molar-refractivity contribution in [3.63, 3.8) is 0 Å². The minimum Gasteiger partial charge on any atom is -0.386 e. The molecule has 1 unspecified atom stereocenters. The Kier molecular flexibility index (Phi) is 6.85. The number of benzene rings is 2. The fraction of sp³-hybridized carbons (Fsp3) is 0.263. The van der Waals surface area contributed by atoms with Crippen LogP contribution >= 0.6 is 0 Å². The van der Waals surface area contributed by atoms with Crippen molar-refractivity contribution >= 4 is 12.1 Å². The highest BCUT2D eigenvalue weighted by atomic mass is 16.6. The van der Waals surface area contributed by atoms with E-state index in [1.807, 2.05) is 55.5 Å². The summed E-state index contributed by atoms with van der Waals surface area (Å²) in [6.45, 7) is 1.92. The molecule has 0 aliphatic carbocycles. The molecule has 0 fully saturated rings. The van der Waals surface area contributed by atoms with Crippen LogP contribution in [0.5, 0.6) is 0 Å². The number of hydrogen-bond donors (Lipinski definition) is 1. The van der Waals surface area contributed by atoms with Crippen molar-refractivity contribution < 1.29 is 9.63 Å². The SMILES string of the molecule is CC(CCc1ccccc1)NC(=O)CON=Cc1ccccc1. The van der Waals surface area contributed by atoms with Gasteiger partial charge in [-0.3, -0.25) is 4.79 Å². The molecule has 2 rings (SSSR count). The zero-order chi connectivity index (χ0) is 16.3. The van der Waals surface area contributed by atoms with Crippen molar-refractivity contribution in [2.45, 2.75) is 25.8 Å². The summed E-state index contributed by atoms with van der Waals surface area (Å²) in [7, 11) is 0. The summed E-state index contributed by atoms with van der Waals surface area (Å²) in [5.74, 6) is -0.157. The first-order valence-electron chi connectivity index (χ1n) is 7.77. The van der Waals surface area contributed by atoms with Crippen molar-refractivity contribution in [2.24, 2.45) is 5.16 Å². The third kappa shape index (κ3) is 6.78. The van der Waals surface area contributed by atoms with Crippen LogP contribution in [0, 0.1) is 0 Å². The van der Waals surface area contributed by atoms with E-state index in [1.54, 1.807) is 6.21 Å². The van der Waals surface area contributed by atoms with Gasteiger partial charge in [0.2, 0.25) is 0 Å². The summed E-state index contributed by atoms with van der Waals surface area (Å²) in [6.07, 6.45) is 3.42. The first-order valence-corrected chi connectivity index (χ1v) is 7.77. The van der Waals surface area contributed by atoms with Gasteiger partial charge in [0.25, 0.3) is 5.91 Å². The molecule has 120 valence electrons. The Balaban J connectivity index is 1.63. The molecule has 4 nitrogen and oxygen atoms in total. The van der Waals surface area contributed by atoms with E-state index in [0.29, 0.717) is 0 Å². The van der Waals surface area contributed by atoms with E-state index in [-0.39, 0.29) is 18.6 Å². The summed E-state index contributed by atoms with van der Waals surface area (Å²) in [5.41, 5.74) is 2.21. The molecule has 0 aromatic heterocycles. The first kappa shape index (κ1) is 16.7. The van der Waals surface area contributed by atoms with Gasteiger partial charge in [0.15, 0.2) is 6.61 Å². The average Bonchev–Trinajstić information content (AvgIpc) is 2.59. The molecule has 0 radical (unpaired) electrons. The standard InChI is InChI=1S/C19H22N2O2/c1-16(12-13-17-8-4-2-5-9-17)21-19(22)15-23-20-14-18-10-6-3-7-11-18/h2-11,14,16H,12-13,15H2,1H3,(H,21,22). The van der Waals surface area contributed by atoms with Gasteiger partial charge in [0.05, 0.1) is 6.21 Å². The van der Waals surface area contributed by atoms with Gasteiger partial charge in [-0.2, -0.15) is 0 Å². The van der Waals surface area contributed by atoms with Crippen LogP contribution in [0.1, 0.15) is 24.5 Å². The maximum atomic E-state index is 11.8. The Labute approximate surface area is 137 Å². The van der Waals surface area contributed by atoms with Crippen LogP contribution in [-0.4, -0.2) is 24.8 Å². The minimum absolute atomic E-state index is 0.0704. The Morgan fingerprint density at radius 3 is 2.48 bits per heavy atom. The summed E-state index contributed by atoms with van der Waals surface area (Å²) in [5, 5.41) is 6.71. The van der Waals surface area contributed by atoms with Crippen molar-refractivity contribution in [3.8, 4) is 0 Å². The molecule has 0 heterocycles. The molecule has 2 aromatic carbocycles. The first-order chi connectivity index (χ1) is 11.2. The van der Waals surface area contributed by atoms with Crippen molar-refractivity contribution in [1.29, 1.82) is 0 Å². The monoisotopic (exact) mass is 310 g/mol. The second kappa shape index (κ2) is 9.41. The van der Waals surface area contributed by atoms with Gasteiger partial charge in [0.1, 0.15) is 0 Å². The highest BCUT2D eigenvalue weighted by molar-refractivity contribution is 5.79. The molecule has 1 amide bonds. The average molecular weight is 310 g/mol. The van der Waals surface area contributed by atoms with Crippen LogP contribution < -0.4 is 5.32 Å². The van der Waals surface area contributed by atoms with Crippen LogP contribution in [0.25, 0.3) is 0 Å². The van der Waals surface area contributed by atoms with Crippen molar-refractivity contribution in [3.05, 3.63) is 71.8 Å². The van der Waals surface area contributed by atoms with Gasteiger partial charge in [-0.25, -0.2) is 0 Å². The van der Waals surface area contributed by atoms with Gasteiger partial charge < -0.3 is 10.2 Å². The molecule has 0 saturated carbocycles. The second-order valence-electron chi connectivity index (χ2n) is 5.41. The molecule has 0 saturated heterocycles. The number of aryl methyl sites for hydroxylation is 1. The number of oxime groups is 1. The van der Waals surface area contributed by atoms with E-state index in [0.717, 1.165) is 18.4 Å². The molecular weight excluding hydrogens is 288 g/mol. The van der Waals surface area contributed by atoms with E-state index in [1.165, 1.54) is 5.56 Å². The molecule has 4 heteroatoms. The lowest BCUT2D eigenvalue weighted by atomic mass is 10.1. The number of nitrogens with zero attached hydrogens (tertiary/aromatic N) is 1. The Hall–Kier alpha value is -2.62. The predicted molar refractivity (Wildman–Crippen MR) is 92.4 cm³/mol. The van der Waals surface area contributed by atoms with E-state index in [9.17, 15) is 4.79 Å². The largest absolute Gasteiger partial charge is 0.386 e. The fourth-order valence-corrected chi connectivity index (χ4v) is 2.15. The summed E-state index contributed by atoms with van der Waals surface area (Å²) < 4.78 is 0. The van der Waals surface area contributed by atoms with Crippen LogP contribution in [-0.2, 0) is 16.1 Å². The second-order valence-corrected chi connectivity index (χ2v) is 5.41. The van der Waals surface area contributed by atoms with E-state index < -0.39 is 0 Å². The lowest BCUT2D eigenvalue weighted by Crippen LogP contribution is -2.35. The Morgan fingerprint density at radius 1 is 1.13 bits per heavy atom. The smallest absolute Gasteiger partial charge is 0.260 e. The number of rotatable bonds is 8. The molecule has 1 atom stereocenters. The Bertz CT molecular complexity index is 612. The third-order valence-electron chi connectivity index (χ3n) is 3.39. The van der Waals surface area contributed by atoms with Gasteiger partial charge in [-0.15, -0.1) is 0 Å². The van der Waals surface area contributed by atoms with Crippen LogP contribution in [0.4, 0.5) is 0 Å². The van der Waals surface area contributed by atoms with Gasteiger partial charge in [-0.05, 0) is 30.9 Å². The number of nitrogens with one attached hydrogen (secondary N) is 1. The zero-order valence-corrected chi connectivity index (χ0v) is 13.3. The van der Waals surface area contributed by atoms with Gasteiger partial charge in [0, 0.05) is 6.04 Å². The topological polar surface area (TPSA) is 50.7 Å². The van der Waals surface area contributed by atoms with E-state index in [2.05, 4.69) is 22.6 Å². The van der Waals surface area contributed by atoms with Crippen LogP contribution in [0.3, 0.4) is 0 Å². The van der Waals surface area contributed by atoms with Crippen LogP contribution in [0.2, 0.25) is 0 Å². The lowest BCUT2D eigenvalue weighted by Gasteiger charge is -2.13. The van der Waals surface area contributed by atoms with Gasteiger partial charge in [-0.1, -0.05) is 65.8 Å². The maximum Gasteiger partial charge on any atom is 0.260 e. The maximum absolute atomic E-state index is 11.8. The van der Waals surface area contributed by atoms with E-state index >= 15 is 0 Å². The fourth-order valence-electron chi connectivity index (χ4n) is 2.15. The molecule has 0 spiro atoms. The summed E-state index contributed by atoms with van der Waals surface area (Å²) >= 11 is 0. The molecule has 2 aromatic rings. The highest BCUT2D eigenvalue weighted by Crippen LogP contribution is 2.04. The normalized spacial score (nSPS) is 12.0. The minimum atomic E-state index is -0.157. The van der Waals surface area contributed by atoms with Crippen LogP contribution in [0.15, 0.2) is 65.8 Å². The molecule has 1 N–H and O–H groups in total. The third-order valence-corrected chi connectivity index (χ3v) is 3.39. The Morgan fingerprint density at radius 2 is 1.78 bits per heavy atom. The molecular formula is C19H22N2O2. The van der Waals surface area contributed by atoms with Crippen molar-refractivity contribution in [1.82, 2.24) is 5.32 Å². The number of hydrogen-bond acceptors (Lipinski definition) is 3. The predicted octanol–water partition coefficient (Wildman–Crippen LogP) is 3.17.